The zero-order chi connectivity index (χ0) is 13.8. The molecule has 2 aliphatic rings. The summed E-state index contributed by atoms with van der Waals surface area (Å²) >= 11 is 0. The molecule has 0 bridgehead atoms. The normalized spacial score (nSPS) is 27.6. The number of nitrogens with zero attached hydrogens (tertiary/aromatic N) is 1. The van der Waals surface area contributed by atoms with Crippen molar-refractivity contribution in [3.63, 3.8) is 0 Å². The van der Waals surface area contributed by atoms with Crippen LogP contribution in [0, 0.1) is 0 Å². The average molecular weight is 269 g/mol. The summed E-state index contributed by atoms with van der Waals surface area (Å²) in [6.07, 6.45) is 3.50. The molecule has 2 atom stereocenters. The Morgan fingerprint density at radius 1 is 1.26 bits per heavy atom. The fourth-order valence-electron chi connectivity index (χ4n) is 2.57. The van der Waals surface area contributed by atoms with E-state index >= 15 is 0 Å². The van der Waals surface area contributed by atoms with Crippen LogP contribution < -0.4 is 10.6 Å². The molecule has 0 saturated carbocycles. The largest absolute Gasteiger partial charge is 0.480 e. The standard InChI is InChI=1S/C12H19N3O4/c16-10-8(4-3-6-13-10)14-12(19)15-7-2-1-5-9(15)11(17)18/h8-9H,1-7H2,(H,13,16)(H,14,19)(H,17,18). The number of carbonyl (C=O) groups excluding carboxylic acids is 2. The minimum absolute atomic E-state index is 0.191. The molecule has 0 aliphatic carbocycles. The molecule has 19 heavy (non-hydrogen) atoms. The Bertz CT molecular complexity index is 385. The Morgan fingerprint density at radius 2 is 2.05 bits per heavy atom. The SMILES string of the molecule is O=C1NCCCC1NC(=O)N1CCCCC1C(=O)O. The van der Waals surface area contributed by atoms with E-state index in [1.807, 2.05) is 0 Å². The lowest BCUT2D eigenvalue weighted by Gasteiger charge is -2.34. The minimum atomic E-state index is -0.983. The van der Waals surface area contributed by atoms with Crippen LogP contribution in [0.2, 0.25) is 0 Å². The zero-order valence-corrected chi connectivity index (χ0v) is 10.7. The van der Waals surface area contributed by atoms with E-state index in [0.29, 0.717) is 25.9 Å². The highest BCUT2D eigenvalue weighted by atomic mass is 16.4. The van der Waals surface area contributed by atoms with Crippen LogP contribution in [-0.4, -0.2) is 53.1 Å². The summed E-state index contributed by atoms with van der Waals surface area (Å²) in [4.78, 5) is 36.1. The van der Waals surface area contributed by atoms with Crippen molar-refractivity contribution < 1.29 is 19.5 Å². The van der Waals surface area contributed by atoms with Crippen molar-refractivity contribution in [3.8, 4) is 0 Å². The first kappa shape index (κ1) is 13.6. The fourth-order valence-corrected chi connectivity index (χ4v) is 2.57. The van der Waals surface area contributed by atoms with Crippen molar-refractivity contribution in [2.24, 2.45) is 0 Å². The fraction of sp³-hybridized carbons (Fsp3) is 0.750. The first-order chi connectivity index (χ1) is 9.09. The van der Waals surface area contributed by atoms with Gasteiger partial charge in [-0.1, -0.05) is 0 Å². The molecule has 106 valence electrons. The van der Waals surface area contributed by atoms with Gasteiger partial charge in [0, 0.05) is 13.1 Å². The molecule has 3 N–H and O–H groups in total. The molecule has 2 aliphatic heterocycles. The van der Waals surface area contributed by atoms with Crippen LogP contribution >= 0.6 is 0 Å². The van der Waals surface area contributed by atoms with E-state index in [0.717, 1.165) is 19.3 Å². The number of urea groups is 1. The quantitative estimate of drug-likeness (QED) is 0.652. The van der Waals surface area contributed by atoms with Crippen LogP contribution in [0.15, 0.2) is 0 Å². The van der Waals surface area contributed by atoms with Gasteiger partial charge in [0.15, 0.2) is 0 Å². The third-order valence-electron chi connectivity index (χ3n) is 3.63. The van der Waals surface area contributed by atoms with E-state index in [4.69, 9.17) is 5.11 Å². The lowest BCUT2D eigenvalue weighted by Crippen LogP contribution is -2.57. The van der Waals surface area contributed by atoms with Gasteiger partial charge in [-0.05, 0) is 32.1 Å². The second-order valence-electron chi connectivity index (χ2n) is 4.98. The monoisotopic (exact) mass is 269 g/mol. The van der Waals surface area contributed by atoms with Crippen LogP contribution in [0.1, 0.15) is 32.1 Å². The third kappa shape index (κ3) is 3.15. The van der Waals surface area contributed by atoms with Gasteiger partial charge in [-0.3, -0.25) is 4.79 Å². The molecule has 0 aromatic carbocycles. The molecular weight excluding hydrogens is 250 g/mol. The van der Waals surface area contributed by atoms with Crippen LogP contribution in [0.3, 0.4) is 0 Å². The van der Waals surface area contributed by atoms with Crippen LogP contribution in [-0.2, 0) is 9.59 Å². The molecular formula is C12H19N3O4. The van der Waals surface area contributed by atoms with Crippen molar-refractivity contribution in [1.82, 2.24) is 15.5 Å². The van der Waals surface area contributed by atoms with E-state index in [-0.39, 0.29) is 5.91 Å². The van der Waals surface area contributed by atoms with Gasteiger partial charge in [0.25, 0.3) is 0 Å². The molecule has 2 fully saturated rings. The molecule has 2 heterocycles. The first-order valence-corrected chi connectivity index (χ1v) is 6.67. The van der Waals surface area contributed by atoms with E-state index in [1.54, 1.807) is 0 Å². The number of carboxylic acids is 1. The Balaban J connectivity index is 1.97. The van der Waals surface area contributed by atoms with Gasteiger partial charge >= 0.3 is 12.0 Å². The topological polar surface area (TPSA) is 98.7 Å². The van der Waals surface area contributed by atoms with Gasteiger partial charge in [-0.25, -0.2) is 9.59 Å². The highest BCUT2D eigenvalue weighted by Crippen LogP contribution is 2.17. The summed E-state index contributed by atoms with van der Waals surface area (Å²) in [7, 11) is 0. The van der Waals surface area contributed by atoms with Crippen molar-refractivity contribution in [1.29, 1.82) is 0 Å². The van der Waals surface area contributed by atoms with Crippen molar-refractivity contribution in [2.45, 2.75) is 44.2 Å². The number of amides is 3. The molecule has 0 aromatic rings. The van der Waals surface area contributed by atoms with Crippen molar-refractivity contribution in [3.05, 3.63) is 0 Å². The number of likely N-dealkylation sites (tertiary alicyclic amines) is 1. The van der Waals surface area contributed by atoms with Gasteiger partial charge in [-0.2, -0.15) is 0 Å². The third-order valence-corrected chi connectivity index (χ3v) is 3.63. The lowest BCUT2D eigenvalue weighted by molar-refractivity contribution is -0.143. The number of nitrogens with one attached hydrogen (secondary N) is 2. The predicted molar refractivity (Wildman–Crippen MR) is 66.5 cm³/mol. The van der Waals surface area contributed by atoms with E-state index in [1.165, 1.54) is 4.90 Å². The molecule has 0 aromatic heterocycles. The van der Waals surface area contributed by atoms with Gasteiger partial charge in [0.1, 0.15) is 12.1 Å². The lowest BCUT2D eigenvalue weighted by atomic mass is 10.0. The molecule has 7 heteroatoms. The van der Waals surface area contributed by atoms with E-state index in [9.17, 15) is 14.4 Å². The summed E-state index contributed by atoms with van der Waals surface area (Å²) in [5, 5.41) is 14.4. The maximum Gasteiger partial charge on any atom is 0.326 e. The summed E-state index contributed by atoms with van der Waals surface area (Å²) < 4.78 is 0. The van der Waals surface area contributed by atoms with Crippen molar-refractivity contribution in [2.75, 3.05) is 13.1 Å². The number of piperidine rings is 2. The number of carboxylic acid groups (broad SMARTS) is 1. The summed E-state index contributed by atoms with van der Waals surface area (Å²) in [6, 6.07) is -1.77. The van der Waals surface area contributed by atoms with Crippen LogP contribution in [0.5, 0.6) is 0 Å². The number of rotatable bonds is 2. The molecule has 2 unspecified atom stereocenters. The maximum atomic E-state index is 12.1. The Hall–Kier alpha value is -1.79. The van der Waals surface area contributed by atoms with E-state index in [2.05, 4.69) is 10.6 Å². The Labute approximate surface area is 111 Å². The maximum absolute atomic E-state index is 12.1. The van der Waals surface area contributed by atoms with Gasteiger partial charge in [0.05, 0.1) is 0 Å². The van der Waals surface area contributed by atoms with Gasteiger partial charge in [-0.15, -0.1) is 0 Å². The zero-order valence-electron chi connectivity index (χ0n) is 10.7. The predicted octanol–water partition coefficient (Wildman–Crippen LogP) is -0.0863. The van der Waals surface area contributed by atoms with Crippen LogP contribution in [0.4, 0.5) is 4.79 Å². The summed E-state index contributed by atoms with van der Waals surface area (Å²) in [5.74, 6) is -1.17. The van der Waals surface area contributed by atoms with Gasteiger partial charge < -0.3 is 20.6 Å². The van der Waals surface area contributed by atoms with Gasteiger partial charge in [0.2, 0.25) is 5.91 Å². The number of aliphatic carboxylic acids is 1. The number of carbonyl (C=O) groups is 3. The molecule has 2 rings (SSSR count). The molecule has 3 amide bonds. The molecule has 7 nitrogen and oxygen atoms in total. The second-order valence-corrected chi connectivity index (χ2v) is 4.98. The number of hydrogen-bond acceptors (Lipinski definition) is 3. The molecule has 2 saturated heterocycles. The number of hydrogen-bond donors (Lipinski definition) is 3. The average Bonchev–Trinajstić information content (AvgIpc) is 2.41. The highest BCUT2D eigenvalue weighted by molar-refractivity contribution is 5.89. The smallest absolute Gasteiger partial charge is 0.326 e. The first-order valence-electron chi connectivity index (χ1n) is 6.67. The van der Waals surface area contributed by atoms with E-state index < -0.39 is 24.1 Å². The summed E-state index contributed by atoms with van der Waals surface area (Å²) in [6.45, 7) is 1.06. The Morgan fingerprint density at radius 3 is 2.74 bits per heavy atom. The molecule has 0 radical (unpaired) electrons. The van der Waals surface area contributed by atoms with Crippen molar-refractivity contribution >= 4 is 17.9 Å². The molecule has 0 spiro atoms. The minimum Gasteiger partial charge on any atom is -0.480 e. The van der Waals surface area contributed by atoms with Crippen LogP contribution in [0.25, 0.3) is 0 Å². The summed E-state index contributed by atoms with van der Waals surface area (Å²) in [5.41, 5.74) is 0. The highest BCUT2D eigenvalue weighted by Gasteiger charge is 2.34. The Kier molecular flexibility index (Phi) is 4.24. The second kappa shape index (κ2) is 5.90.